The van der Waals surface area contributed by atoms with Gasteiger partial charge in [0.1, 0.15) is 0 Å². The fraction of sp³-hybridized carbons (Fsp3) is 0.222. The van der Waals surface area contributed by atoms with E-state index < -0.39 is 6.55 Å². The SMILES string of the molecule is CN(C)C(=O)c1ccc(CSc2nc3ccccc3n2C(F)F)cc1. The Bertz CT molecular complexity index is 891. The molecule has 0 fully saturated rings. The number of carbonyl (C=O) groups is 1. The minimum atomic E-state index is -2.64. The van der Waals surface area contributed by atoms with E-state index in [2.05, 4.69) is 4.98 Å². The van der Waals surface area contributed by atoms with Crippen molar-refractivity contribution >= 4 is 28.7 Å². The normalized spacial score (nSPS) is 11.2. The van der Waals surface area contributed by atoms with E-state index in [1.807, 2.05) is 12.1 Å². The zero-order chi connectivity index (χ0) is 18.0. The molecule has 1 amide bonds. The van der Waals surface area contributed by atoms with Gasteiger partial charge in [0, 0.05) is 25.4 Å². The Morgan fingerprint density at radius 1 is 1.16 bits per heavy atom. The predicted octanol–water partition coefficient (Wildman–Crippen LogP) is 4.43. The molecule has 3 rings (SSSR count). The Balaban J connectivity index is 1.79. The number of amides is 1. The first kappa shape index (κ1) is 17.4. The predicted molar refractivity (Wildman–Crippen MR) is 95.0 cm³/mol. The summed E-state index contributed by atoms with van der Waals surface area (Å²) in [5, 5.41) is 0.282. The fourth-order valence-corrected chi connectivity index (χ4v) is 3.43. The molecule has 0 bridgehead atoms. The summed E-state index contributed by atoms with van der Waals surface area (Å²) in [5.74, 6) is 0.422. The maximum absolute atomic E-state index is 13.4. The average Bonchev–Trinajstić information content (AvgIpc) is 2.98. The molecule has 7 heteroatoms. The van der Waals surface area contributed by atoms with E-state index in [0.717, 1.165) is 10.1 Å². The minimum absolute atomic E-state index is 0.0707. The average molecular weight is 361 g/mol. The van der Waals surface area contributed by atoms with Crippen LogP contribution in [0.1, 0.15) is 22.5 Å². The summed E-state index contributed by atoms with van der Waals surface area (Å²) in [4.78, 5) is 17.7. The van der Waals surface area contributed by atoms with Crippen molar-refractivity contribution in [3.63, 3.8) is 0 Å². The third kappa shape index (κ3) is 3.66. The van der Waals surface area contributed by atoms with E-state index in [9.17, 15) is 13.6 Å². The van der Waals surface area contributed by atoms with E-state index in [-0.39, 0.29) is 11.1 Å². The molecule has 0 saturated carbocycles. The van der Waals surface area contributed by atoms with Gasteiger partial charge >= 0.3 is 6.55 Å². The smallest absolute Gasteiger partial charge is 0.321 e. The number of alkyl halides is 2. The quantitative estimate of drug-likeness (QED) is 0.631. The summed E-state index contributed by atoms with van der Waals surface area (Å²) in [7, 11) is 3.39. The van der Waals surface area contributed by atoms with Crippen molar-refractivity contribution in [3.05, 3.63) is 59.7 Å². The maximum Gasteiger partial charge on any atom is 0.321 e. The van der Waals surface area contributed by atoms with Crippen LogP contribution in [-0.2, 0) is 5.75 Å². The fourth-order valence-electron chi connectivity index (χ4n) is 2.46. The molecule has 1 heterocycles. The first-order valence-electron chi connectivity index (χ1n) is 7.66. The van der Waals surface area contributed by atoms with Gasteiger partial charge in [0.25, 0.3) is 5.91 Å². The van der Waals surface area contributed by atoms with Gasteiger partial charge in [0.05, 0.1) is 11.0 Å². The standard InChI is InChI=1S/C18H17F2N3OS/c1-22(2)16(24)13-9-7-12(8-10-13)11-25-18-21-14-5-3-4-6-15(14)23(18)17(19)20/h3-10,17H,11H2,1-2H3. The molecular formula is C18H17F2N3OS. The van der Waals surface area contributed by atoms with Crippen molar-refractivity contribution < 1.29 is 13.6 Å². The molecule has 0 aliphatic rings. The lowest BCUT2D eigenvalue weighted by molar-refractivity contribution is 0.0656. The number of imidazole rings is 1. The van der Waals surface area contributed by atoms with Crippen LogP contribution in [0, 0.1) is 0 Å². The highest BCUT2D eigenvalue weighted by Gasteiger charge is 2.18. The lowest BCUT2D eigenvalue weighted by Gasteiger charge is -2.10. The first-order valence-corrected chi connectivity index (χ1v) is 8.64. The van der Waals surface area contributed by atoms with Gasteiger partial charge in [-0.15, -0.1) is 0 Å². The van der Waals surface area contributed by atoms with Crippen LogP contribution in [0.3, 0.4) is 0 Å². The molecule has 0 radical (unpaired) electrons. The topological polar surface area (TPSA) is 38.1 Å². The molecule has 1 aromatic heterocycles. The molecule has 0 saturated heterocycles. The van der Waals surface area contributed by atoms with Crippen LogP contribution in [0.25, 0.3) is 11.0 Å². The lowest BCUT2D eigenvalue weighted by atomic mass is 10.1. The van der Waals surface area contributed by atoms with Gasteiger partial charge in [-0.1, -0.05) is 36.0 Å². The molecule has 0 spiro atoms. The second-order valence-electron chi connectivity index (χ2n) is 5.72. The number of hydrogen-bond acceptors (Lipinski definition) is 3. The van der Waals surface area contributed by atoms with E-state index in [4.69, 9.17) is 0 Å². The maximum atomic E-state index is 13.4. The Morgan fingerprint density at radius 3 is 2.48 bits per heavy atom. The highest BCUT2D eigenvalue weighted by Crippen LogP contribution is 2.30. The molecule has 0 N–H and O–H groups in total. The number of benzene rings is 2. The molecule has 0 unspecified atom stereocenters. The Morgan fingerprint density at radius 2 is 1.84 bits per heavy atom. The van der Waals surface area contributed by atoms with E-state index >= 15 is 0 Å². The summed E-state index contributed by atoms with van der Waals surface area (Å²) in [6.07, 6.45) is 0. The summed E-state index contributed by atoms with van der Waals surface area (Å²) >= 11 is 1.25. The number of rotatable bonds is 5. The van der Waals surface area contributed by atoms with Crippen LogP contribution in [-0.4, -0.2) is 34.5 Å². The van der Waals surface area contributed by atoms with Crippen LogP contribution >= 0.6 is 11.8 Å². The van der Waals surface area contributed by atoms with Crippen molar-refractivity contribution in [2.45, 2.75) is 17.5 Å². The third-order valence-corrected chi connectivity index (χ3v) is 4.76. The highest BCUT2D eigenvalue weighted by atomic mass is 32.2. The Kier molecular flexibility index (Phi) is 5.03. The van der Waals surface area contributed by atoms with Crippen LogP contribution in [0.4, 0.5) is 8.78 Å². The van der Waals surface area contributed by atoms with Gasteiger partial charge in [0.2, 0.25) is 0 Å². The van der Waals surface area contributed by atoms with E-state index in [1.54, 1.807) is 50.5 Å². The van der Waals surface area contributed by atoms with Crippen LogP contribution < -0.4 is 0 Å². The second-order valence-corrected chi connectivity index (χ2v) is 6.66. The summed E-state index contributed by atoms with van der Waals surface area (Å²) in [6, 6.07) is 14.0. The summed E-state index contributed by atoms with van der Waals surface area (Å²) in [5.41, 5.74) is 2.51. The molecule has 2 aromatic carbocycles. The van der Waals surface area contributed by atoms with Crippen molar-refractivity contribution in [1.29, 1.82) is 0 Å². The van der Waals surface area contributed by atoms with Crippen molar-refractivity contribution in [2.24, 2.45) is 0 Å². The largest absolute Gasteiger partial charge is 0.345 e. The molecule has 0 aliphatic carbocycles. The van der Waals surface area contributed by atoms with E-state index in [0.29, 0.717) is 22.3 Å². The van der Waals surface area contributed by atoms with Gasteiger partial charge in [0.15, 0.2) is 5.16 Å². The molecule has 3 aromatic rings. The number of aromatic nitrogens is 2. The Hall–Kier alpha value is -2.41. The third-order valence-electron chi connectivity index (χ3n) is 3.73. The van der Waals surface area contributed by atoms with Gasteiger partial charge < -0.3 is 4.90 Å². The number of thioether (sulfide) groups is 1. The number of hydrogen-bond donors (Lipinski definition) is 0. The number of fused-ring (bicyclic) bond motifs is 1. The number of para-hydroxylation sites is 2. The molecule has 130 valence electrons. The van der Waals surface area contributed by atoms with Crippen LogP contribution in [0.2, 0.25) is 0 Å². The zero-order valence-corrected chi connectivity index (χ0v) is 14.6. The van der Waals surface area contributed by atoms with Crippen LogP contribution in [0.5, 0.6) is 0 Å². The monoisotopic (exact) mass is 361 g/mol. The van der Waals surface area contributed by atoms with E-state index in [1.165, 1.54) is 16.7 Å². The van der Waals surface area contributed by atoms with Crippen molar-refractivity contribution in [3.8, 4) is 0 Å². The molecular weight excluding hydrogens is 344 g/mol. The van der Waals surface area contributed by atoms with Gasteiger partial charge in [-0.2, -0.15) is 8.78 Å². The first-order chi connectivity index (χ1) is 12.0. The van der Waals surface area contributed by atoms with Gasteiger partial charge in [-0.05, 0) is 29.8 Å². The lowest BCUT2D eigenvalue weighted by Crippen LogP contribution is -2.21. The van der Waals surface area contributed by atoms with Crippen LogP contribution in [0.15, 0.2) is 53.7 Å². The molecule has 4 nitrogen and oxygen atoms in total. The highest BCUT2D eigenvalue weighted by molar-refractivity contribution is 7.98. The van der Waals surface area contributed by atoms with Crippen molar-refractivity contribution in [1.82, 2.24) is 14.5 Å². The second kappa shape index (κ2) is 7.23. The van der Waals surface area contributed by atoms with Crippen molar-refractivity contribution in [2.75, 3.05) is 14.1 Å². The molecule has 0 atom stereocenters. The minimum Gasteiger partial charge on any atom is -0.345 e. The zero-order valence-electron chi connectivity index (χ0n) is 13.8. The number of nitrogens with zero attached hydrogens (tertiary/aromatic N) is 3. The molecule has 0 aliphatic heterocycles. The summed E-state index contributed by atoms with van der Waals surface area (Å²) in [6.45, 7) is -2.64. The number of carbonyl (C=O) groups excluding carboxylic acids is 1. The number of halogens is 2. The Labute approximate surface area is 148 Å². The summed E-state index contributed by atoms with van der Waals surface area (Å²) < 4.78 is 27.8. The molecule has 25 heavy (non-hydrogen) atoms. The van der Waals surface area contributed by atoms with Gasteiger partial charge in [-0.3, -0.25) is 9.36 Å². The van der Waals surface area contributed by atoms with Gasteiger partial charge in [-0.25, -0.2) is 4.98 Å².